The molecule has 1 rings (SSSR count). The lowest BCUT2D eigenvalue weighted by molar-refractivity contribution is 0.0519. The minimum absolute atomic E-state index is 0.196. The van der Waals surface area contributed by atoms with Gasteiger partial charge in [-0.25, -0.2) is 9.78 Å². The maximum atomic E-state index is 11.7. The highest BCUT2D eigenvalue weighted by atomic mass is 32.2. The maximum absolute atomic E-state index is 11.7. The second-order valence-corrected chi connectivity index (χ2v) is 4.03. The molecular formula is C10H12F2N2O2S. The third kappa shape index (κ3) is 4.99. The van der Waals surface area contributed by atoms with Crippen molar-refractivity contribution in [2.75, 3.05) is 12.4 Å². The van der Waals surface area contributed by atoms with Gasteiger partial charge in [-0.15, -0.1) is 0 Å². The second-order valence-electron chi connectivity index (χ2n) is 2.94. The van der Waals surface area contributed by atoms with E-state index in [1.54, 1.807) is 6.92 Å². The summed E-state index contributed by atoms with van der Waals surface area (Å²) < 4.78 is 28.2. The van der Waals surface area contributed by atoms with Crippen LogP contribution in [0.2, 0.25) is 0 Å². The van der Waals surface area contributed by atoms with Crippen LogP contribution in [-0.2, 0) is 4.74 Å². The lowest BCUT2D eigenvalue weighted by atomic mass is 10.5. The summed E-state index contributed by atoms with van der Waals surface area (Å²) in [5.74, 6) is -0.0297. The number of halogens is 2. The number of carbonyl (C=O) groups excluding carboxylic acids is 1. The molecular weight excluding hydrogens is 250 g/mol. The van der Waals surface area contributed by atoms with E-state index in [0.29, 0.717) is 10.9 Å². The summed E-state index contributed by atoms with van der Waals surface area (Å²) in [7, 11) is 0. The molecule has 1 aromatic rings. The number of ether oxygens (including phenoxy) is 1. The van der Waals surface area contributed by atoms with Crippen LogP contribution in [0.3, 0.4) is 0 Å². The predicted molar refractivity (Wildman–Crippen MR) is 60.2 cm³/mol. The number of aromatic nitrogens is 2. The van der Waals surface area contributed by atoms with Crippen molar-refractivity contribution in [3.05, 3.63) is 24.0 Å². The van der Waals surface area contributed by atoms with Crippen molar-refractivity contribution in [1.82, 2.24) is 9.97 Å². The smallest absolute Gasteiger partial charge is 0.358 e. The first-order chi connectivity index (χ1) is 8.13. The highest BCUT2D eigenvalue weighted by molar-refractivity contribution is 7.99. The lowest BCUT2D eigenvalue weighted by Gasteiger charge is -1.96. The topological polar surface area (TPSA) is 55.0 Å². The van der Waals surface area contributed by atoms with Crippen LogP contribution in [0.1, 0.15) is 23.8 Å². The van der Waals surface area contributed by atoms with E-state index in [1.807, 2.05) is 0 Å². The molecule has 0 saturated heterocycles. The number of thioether (sulfide) groups is 1. The Bertz CT molecular complexity index is 403. The Morgan fingerprint density at radius 3 is 3.06 bits per heavy atom. The van der Waals surface area contributed by atoms with E-state index in [-0.39, 0.29) is 18.7 Å². The zero-order valence-corrected chi connectivity index (χ0v) is 10.0. The summed E-state index contributed by atoms with van der Waals surface area (Å²) in [6, 6.07) is 0. The minimum atomic E-state index is -1.68. The van der Waals surface area contributed by atoms with Gasteiger partial charge in [0.05, 0.1) is 6.61 Å². The number of hydrogen-bond donors (Lipinski definition) is 1. The van der Waals surface area contributed by atoms with Gasteiger partial charge in [0, 0.05) is 11.9 Å². The molecule has 0 saturated carbocycles. The summed E-state index contributed by atoms with van der Waals surface area (Å²) in [5, 5.41) is 0.515. The van der Waals surface area contributed by atoms with Crippen molar-refractivity contribution >= 4 is 17.7 Å². The first-order valence-corrected chi connectivity index (χ1v) is 5.98. The number of nitrogens with one attached hydrogen (secondary N) is 1. The summed E-state index contributed by atoms with van der Waals surface area (Å²) in [6.07, 6.45) is 0.855. The second kappa shape index (κ2) is 7.05. The number of aromatic amines is 1. The van der Waals surface area contributed by atoms with Crippen LogP contribution in [0.25, 0.3) is 0 Å². The normalized spacial score (nSPS) is 10.1. The Hall–Kier alpha value is -1.37. The standard InChI is InChI=1S/C10H12F2N2O2S/c1-2-16-9(15)7-6-13-10(14-7)17-5-3-4-8(11)12/h4,6H,2-3,5H2,1H3,(H,13,14). The Balaban J connectivity index is 2.40. The summed E-state index contributed by atoms with van der Waals surface area (Å²) >= 11 is 1.27. The molecule has 0 aromatic carbocycles. The molecule has 0 unspecified atom stereocenters. The fraction of sp³-hybridized carbons (Fsp3) is 0.400. The summed E-state index contributed by atoms with van der Waals surface area (Å²) in [5.41, 5.74) is 0.196. The van der Waals surface area contributed by atoms with Crippen LogP contribution >= 0.6 is 11.8 Å². The van der Waals surface area contributed by atoms with E-state index in [2.05, 4.69) is 9.97 Å². The van der Waals surface area contributed by atoms with E-state index in [1.165, 1.54) is 18.0 Å². The fourth-order valence-electron chi connectivity index (χ4n) is 1.01. The first-order valence-electron chi connectivity index (χ1n) is 5.00. The zero-order chi connectivity index (χ0) is 12.7. The van der Waals surface area contributed by atoms with Crippen LogP contribution in [-0.4, -0.2) is 28.3 Å². The van der Waals surface area contributed by atoms with Crippen LogP contribution in [0.5, 0.6) is 0 Å². The SMILES string of the molecule is CCOC(=O)c1c[nH]c(SCCC=C(F)F)n1. The molecule has 1 heterocycles. The van der Waals surface area contributed by atoms with E-state index in [4.69, 9.17) is 4.74 Å². The fourth-order valence-corrected chi connectivity index (χ4v) is 1.75. The molecule has 1 N–H and O–H groups in total. The van der Waals surface area contributed by atoms with Crippen LogP contribution < -0.4 is 0 Å². The van der Waals surface area contributed by atoms with E-state index < -0.39 is 12.0 Å². The van der Waals surface area contributed by atoms with Gasteiger partial charge in [-0.05, 0) is 19.4 Å². The Morgan fingerprint density at radius 1 is 1.65 bits per heavy atom. The van der Waals surface area contributed by atoms with Crippen LogP contribution in [0.4, 0.5) is 8.78 Å². The van der Waals surface area contributed by atoms with Gasteiger partial charge < -0.3 is 9.72 Å². The van der Waals surface area contributed by atoms with Gasteiger partial charge in [0.2, 0.25) is 0 Å². The lowest BCUT2D eigenvalue weighted by Crippen LogP contribution is -2.04. The molecule has 0 fully saturated rings. The average Bonchev–Trinajstić information content (AvgIpc) is 2.73. The zero-order valence-electron chi connectivity index (χ0n) is 9.20. The molecule has 1 aromatic heterocycles. The molecule has 4 nitrogen and oxygen atoms in total. The largest absolute Gasteiger partial charge is 0.461 e. The van der Waals surface area contributed by atoms with Crippen LogP contribution in [0.15, 0.2) is 23.5 Å². The first kappa shape index (κ1) is 13.7. The van der Waals surface area contributed by atoms with E-state index >= 15 is 0 Å². The highest BCUT2D eigenvalue weighted by Gasteiger charge is 2.10. The number of allylic oxidation sites excluding steroid dienone is 1. The molecule has 0 amide bonds. The molecule has 7 heteroatoms. The monoisotopic (exact) mass is 262 g/mol. The number of carbonyl (C=O) groups is 1. The third-order valence-corrected chi connectivity index (χ3v) is 2.62. The van der Waals surface area contributed by atoms with Crippen molar-refractivity contribution in [2.45, 2.75) is 18.5 Å². The van der Waals surface area contributed by atoms with Crippen molar-refractivity contribution in [1.29, 1.82) is 0 Å². The molecule has 0 aliphatic carbocycles. The number of rotatable bonds is 6. The van der Waals surface area contributed by atoms with E-state index in [0.717, 1.165) is 6.08 Å². The third-order valence-electron chi connectivity index (χ3n) is 1.69. The van der Waals surface area contributed by atoms with Crippen molar-refractivity contribution < 1.29 is 18.3 Å². The number of nitrogens with zero attached hydrogens (tertiary/aromatic N) is 1. The van der Waals surface area contributed by atoms with Crippen molar-refractivity contribution in [3.8, 4) is 0 Å². The molecule has 0 aliphatic heterocycles. The molecule has 0 aliphatic rings. The Kier molecular flexibility index (Phi) is 5.68. The van der Waals surface area contributed by atoms with Gasteiger partial charge in [0.1, 0.15) is 0 Å². The van der Waals surface area contributed by atoms with Crippen molar-refractivity contribution in [2.24, 2.45) is 0 Å². The predicted octanol–water partition coefficient (Wildman–Crippen LogP) is 2.85. The van der Waals surface area contributed by atoms with Gasteiger partial charge in [0.15, 0.2) is 10.9 Å². The molecule has 0 bridgehead atoms. The minimum Gasteiger partial charge on any atom is -0.461 e. The maximum Gasteiger partial charge on any atom is 0.358 e. The molecule has 0 spiro atoms. The summed E-state index contributed by atoms with van der Waals surface area (Å²) in [4.78, 5) is 18.0. The van der Waals surface area contributed by atoms with Gasteiger partial charge in [-0.3, -0.25) is 0 Å². The van der Waals surface area contributed by atoms with Gasteiger partial charge in [0.25, 0.3) is 6.08 Å². The number of hydrogen-bond acceptors (Lipinski definition) is 4. The number of esters is 1. The van der Waals surface area contributed by atoms with Gasteiger partial charge in [-0.2, -0.15) is 8.78 Å². The highest BCUT2D eigenvalue weighted by Crippen LogP contribution is 2.16. The van der Waals surface area contributed by atoms with Gasteiger partial charge >= 0.3 is 5.97 Å². The number of H-pyrrole nitrogens is 1. The average molecular weight is 262 g/mol. The van der Waals surface area contributed by atoms with Gasteiger partial charge in [-0.1, -0.05) is 11.8 Å². The van der Waals surface area contributed by atoms with E-state index in [9.17, 15) is 13.6 Å². The van der Waals surface area contributed by atoms with Crippen molar-refractivity contribution in [3.63, 3.8) is 0 Å². The molecule has 0 radical (unpaired) electrons. The Morgan fingerprint density at radius 2 is 2.41 bits per heavy atom. The molecule has 0 atom stereocenters. The van der Waals surface area contributed by atoms with Crippen LogP contribution in [0, 0.1) is 0 Å². The molecule has 17 heavy (non-hydrogen) atoms. The Labute approximate surface area is 101 Å². The number of imidazole rings is 1. The quantitative estimate of drug-likeness (QED) is 0.486. The molecule has 94 valence electrons. The summed E-state index contributed by atoms with van der Waals surface area (Å²) in [6.45, 7) is 1.99.